The van der Waals surface area contributed by atoms with E-state index in [-0.39, 0.29) is 11.8 Å². The lowest BCUT2D eigenvalue weighted by atomic mass is 10.1. The van der Waals surface area contributed by atoms with E-state index in [0.717, 1.165) is 12.1 Å². The van der Waals surface area contributed by atoms with Crippen LogP contribution in [0.3, 0.4) is 0 Å². The molecule has 0 saturated carbocycles. The van der Waals surface area contributed by atoms with Crippen molar-refractivity contribution >= 4 is 17.3 Å². The van der Waals surface area contributed by atoms with E-state index in [1.54, 1.807) is 0 Å². The summed E-state index contributed by atoms with van der Waals surface area (Å²) in [6, 6.07) is 4.04. The van der Waals surface area contributed by atoms with Gasteiger partial charge in [0, 0.05) is 17.8 Å². The Morgan fingerprint density at radius 3 is 2.20 bits per heavy atom. The van der Waals surface area contributed by atoms with E-state index in [0.29, 0.717) is 6.07 Å². The van der Waals surface area contributed by atoms with Gasteiger partial charge in [0.1, 0.15) is 11.6 Å². The van der Waals surface area contributed by atoms with Gasteiger partial charge >= 0.3 is 0 Å². The third-order valence-electron chi connectivity index (χ3n) is 2.50. The summed E-state index contributed by atoms with van der Waals surface area (Å²) in [5.74, 6) is -5.82. The van der Waals surface area contributed by atoms with Crippen molar-refractivity contribution < 1.29 is 22.4 Å². The van der Waals surface area contributed by atoms with Crippen LogP contribution < -0.4 is 11.1 Å². The molecule has 2 aromatic rings. The maximum Gasteiger partial charge on any atom is 0.258 e. The second-order valence-electron chi connectivity index (χ2n) is 3.94. The standard InChI is InChI=1S/C13H8F4N2O/c14-8-3-6(18)1-2-7(8)13(20)19-12-5-10(16)9(15)4-11(12)17/h1-5H,18H2,(H,19,20). The fraction of sp³-hybridized carbons (Fsp3) is 0. The molecule has 0 atom stereocenters. The number of carbonyl (C=O) groups excluding carboxylic acids is 1. The molecule has 2 rings (SSSR count). The predicted octanol–water partition coefficient (Wildman–Crippen LogP) is 3.08. The highest BCUT2D eigenvalue weighted by Crippen LogP contribution is 2.20. The molecule has 0 saturated heterocycles. The Kier molecular flexibility index (Phi) is 3.60. The van der Waals surface area contributed by atoms with Crippen molar-refractivity contribution in [2.24, 2.45) is 0 Å². The van der Waals surface area contributed by atoms with Crippen LogP contribution in [0, 0.1) is 23.3 Å². The molecule has 7 heteroatoms. The Morgan fingerprint density at radius 1 is 0.900 bits per heavy atom. The van der Waals surface area contributed by atoms with Crippen LogP contribution in [0.15, 0.2) is 30.3 Å². The highest BCUT2D eigenvalue weighted by atomic mass is 19.2. The lowest BCUT2D eigenvalue weighted by Gasteiger charge is -2.08. The van der Waals surface area contributed by atoms with E-state index in [9.17, 15) is 22.4 Å². The van der Waals surface area contributed by atoms with Crippen LogP contribution in [0.5, 0.6) is 0 Å². The van der Waals surface area contributed by atoms with Crippen LogP contribution >= 0.6 is 0 Å². The summed E-state index contributed by atoms with van der Waals surface area (Å²) in [4.78, 5) is 11.7. The van der Waals surface area contributed by atoms with Gasteiger partial charge in [0.05, 0.1) is 11.3 Å². The number of nitrogens with one attached hydrogen (secondary N) is 1. The first-order valence-electron chi connectivity index (χ1n) is 5.39. The number of benzene rings is 2. The normalized spacial score (nSPS) is 10.4. The van der Waals surface area contributed by atoms with Crippen molar-refractivity contribution in [2.75, 3.05) is 11.1 Å². The quantitative estimate of drug-likeness (QED) is 0.506. The molecule has 0 aliphatic carbocycles. The van der Waals surface area contributed by atoms with Gasteiger partial charge in [-0.05, 0) is 18.2 Å². The molecule has 0 aliphatic rings. The van der Waals surface area contributed by atoms with Gasteiger partial charge < -0.3 is 11.1 Å². The summed E-state index contributed by atoms with van der Waals surface area (Å²) in [6.45, 7) is 0. The molecule has 3 nitrogen and oxygen atoms in total. The highest BCUT2D eigenvalue weighted by Gasteiger charge is 2.16. The van der Waals surface area contributed by atoms with Crippen LogP contribution in [0.25, 0.3) is 0 Å². The van der Waals surface area contributed by atoms with E-state index in [4.69, 9.17) is 5.73 Å². The van der Waals surface area contributed by atoms with Gasteiger partial charge in [-0.3, -0.25) is 4.79 Å². The Balaban J connectivity index is 2.30. The zero-order valence-corrected chi connectivity index (χ0v) is 9.88. The number of rotatable bonds is 2. The van der Waals surface area contributed by atoms with Crippen molar-refractivity contribution in [3.05, 3.63) is 59.2 Å². The summed E-state index contributed by atoms with van der Waals surface area (Å²) >= 11 is 0. The highest BCUT2D eigenvalue weighted by molar-refractivity contribution is 6.04. The van der Waals surface area contributed by atoms with Crippen LogP contribution in [-0.4, -0.2) is 5.91 Å². The molecule has 104 valence electrons. The van der Waals surface area contributed by atoms with Gasteiger partial charge in [-0.25, -0.2) is 17.6 Å². The van der Waals surface area contributed by atoms with Gasteiger partial charge in [-0.15, -0.1) is 0 Å². The van der Waals surface area contributed by atoms with Crippen molar-refractivity contribution in [2.45, 2.75) is 0 Å². The Bertz CT molecular complexity index is 688. The summed E-state index contributed by atoms with van der Waals surface area (Å²) in [7, 11) is 0. The SMILES string of the molecule is Nc1ccc(C(=O)Nc2cc(F)c(F)cc2F)c(F)c1. The maximum absolute atomic E-state index is 13.5. The van der Waals surface area contributed by atoms with Crippen LogP contribution in [-0.2, 0) is 0 Å². The van der Waals surface area contributed by atoms with Crippen molar-refractivity contribution in [3.63, 3.8) is 0 Å². The molecule has 3 N–H and O–H groups in total. The maximum atomic E-state index is 13.5. The smallest absolute Gasteiger partial charge is 0.258 e. The van der Waals surface area contributed by atoms with E-state index >= 15 is 0 Å². The van der Waals surface area contributed by atoms with E-state index < -0.39 is 40.4 Å². The molecule has 0 fully saturated rings. The first-order chi connectivity index (χ1) is 9.38. The molecule has 0 spiro atoms. The molecule has 2 aromatic carbocycles. The summed E-state index contributed by atoms with van der Waals surface area (Å²) < 4.78 is 52.5. The van der Waals surface area contributed by atoms with Crippen molar-refractivity contribution in [3.8, 4) is 0 Å². The fourth-order valence-corrected chi connectivity index (χ4v) is 1.52. The minimum absolute atomic E-state index is 0.109. The lowest BCUT2D eigenvalue weighted by molar-refractivity contribution is 0.102. The molecular formula is C13H8F4N2O. The van der Waals surface area contributed by atoms with E-state index in [1.165, 1.54) is 6.07 Å². The molecule has 0 aliphatic heterocycles. The van der Waals surface area contributed by atoms with Crippen LogP contribution in [0.1, 0.15) is 10.4 Å². The topological polar surface area (TPSA) is 55.1 Å². The number of halogens is 4. The first-order valence-corrected chi connectivity index (χ1v) is 5.39. The number of nitrogen functional groups attached to an aromatic ring is 1. The molecule has 0 radical (unpaired) electrons. The second kappa shape index (κ2) is 5.20. The third kappa shape index (κ3) is 2.71. The molecule has 0 bridgehead atoms. The van der Waals surface area contributed by atoms with Gasteiger partial charge in [0.15, 0.2) is 11.6 Å². The van der Waals surface area contributed by atoms with Gasteiger partial charge in [-0.2, -0.15) is 0 Å². The zero-order chi connectivity index (χ0) is 14.9. The fourth-order valence-electron chi connectivity index (χ4n) is 1.52. The predicted molar refractivity (Wildman–Crippen MR) is 65.1 cm³/mol. The molecule has 1 amide bonds. The minimum atomic E-state index is -1.39. The Labute approximate surface area is 111 Å². The van der Waals surface area contributed by atoms with E-state index in [2.05, 4.69) is 0 Å². The molecule has 20 heavy (non-hydrogen) atoms. The second-order valence-corrected chi connectivity index (χ2v) is 3.94. The van der Waals surface area contributed by atoms with Crippen LogP contribution in [0.2, 0.25) is 0 Å². The Hall–Kier alpha value is -2.57. The molecule has 0 heterocycles. The monoisotopic (exact) mass is 284 g/mol. The minimum Gasteiger partial charge on any atom is -0.399 e. The summed E-state index contributed by atoms with van der Waals surface area (Å²) in [6.07, 6.45) is 0. The largest absolute Gasteiger partial charge is 0.399 e. The summed E-state index contributed by atoms with van der Waals surface area (Å²) in [5, 5.41) is 1.95. The van der Waals surface area contributed by atoms with Gasteiger partial charge in [-0.1, -0.05) is 0 Å². The average molecular weight is 284 g/mol. The van der Waals surface area contributed by atoms with Crippen molar-refractivity contribution in [1.82, 2.24) is 0 Å². The first kappa shape index (κ1) is 13.9. The average Bonchev–Trinajstić information content (AvgIpc) is 2.35. The number of hydrogen-bond donors (Lipinski definition) is 2. The number of anilines is 2. The molecule has 0 aromatic heterocycles. The van der Waals surface area contributed by atoms with E-state index in [1.807, 2.05) is 5.32 Å². The number of carbonyl (C=O) groups is 1. The van der Waals surface area contributed by atoms with Gasteiger partial charge in [0.2, 0.25) is 0 Å². The zero-order valence-electron chi connectivity index (χ0n) is 9.88. The molecular weight excluding hydrogens is 276 g/mol. The lowest BCUT2D eigenvalue weighted by Crippen LogP contribution is -2.15. The van der Waals surface area contributed by atoms with Crippen molar-refractivity contribution in [1.29, 1.82) is 0 Å². The Morgan fingerprint density at radius 2 is 1.55 bits per heavy atom. The summed E-state index contributed by atoms with van der Waals surface area (Å²) in [5.41, 5.74) is 4.44. The van der Waals surface area contributed by atoms with Crippen LogP contribution in [0.4, 0.5) is 28.9 Å². The molecule has 0 unspecified atom stereocenters. The van der Waals surface area contributed by atoms with Gasteiger partial charge in [0.25, 0.3) is 5.91 Å². The number of amides is 1. The third-order valence-corrected chi connectivity index (χ3v) is 2.50. The number of nitrogens with two attached hydrogens (primary N) is 1. The number of hydrogen-bond acceptors (Lipinski definition) is 2.